The van der Waals surface area contributed by atoms with E-state index < -0.39 is 97.5 Å². The molecule has 0 aromatic carbocycles. The monoisotopic (exact) mass is 1420 g/mol. The summed E-state index contributed by atoms with van der Waals surface area (Å²) < 4.78 is 68.6. The van der Waals surface area contributed by atoms with E-state index in [-0.39, 0.29) is 25.7 Å². The molecule has 0 aliphatic rings. The Kier molecular flexibility index (Phi) is 68.4. The SMILES string of the molecule is CCCCCCCCCCCCCCCCCCCCCC(=O)O[C@H](COC(=O)CCCCCCCCCCCCC(C)C)COP(=O)(O)OC[C@@H](O)COP(=O)(O)OC[C@@H](COC(=O)CCCCCCCCCCCCCC)OC(=O)CCCCCCCCCCCCC(C)C. The topological polar surface area (TPSA) is 237 Å². The highest BCUT2D eigenvalue weighted by Gasteiger charge is 2.30. The molecule has 5 atom stereocenters. The van der Waals surface area contributed by atoms with Gasteiger partial charge in [-0.15, -0.1) is 0 Å². The summed E-state index contributed by atoms with van der Waals surface area (Å²) in [5, 5.41) is 10.6. The van der Waals surface area contributed by atoms with Crippen LogP contribution in [-0.2, 0) is 65.4 Å². The van der Waals surface area contributed by atoms with Crippen molar-refractivity contribution in [2.24, 2.45) is 11.8 Å². The second-order valence-electron chi connectivity index (χ2n) is 29.1. The summed E-state index contributed by atoms with van der Waals surface area (Å²) in [5.41, 5.74) is 0. The molecule has 0 rings (SSSR count). The van der Waals surface area contributed by atoms with Crippen LogP contribution < -0.4 is 0 Å². The summed E-state index contributed by atoms with van der Waals surface area (Å²) >= 11 is 0. The van der Waals surface area contributed by atoms with E-state index in [1.54, 1.807) is 0 Å². The number of carbonyl (C=O) groups excluding carboxylic acids is 4. The number of rotatable bonds is 77. The Morgan fingerprint density at radius 3 is 0.701 bits per heavy atom. The molecule has 0 saturated carbocycles. The van der Waals surface area contributed by atoms with Gasteiger partial charge in [0.2, 0.25) is 0 Å². The predicted octanol–water partition coefficient (Wildman–Crippen LogP) is 23.1. The van der Waals surface area contributed by atoms with E-state index in [2.05, 4.69) is 41.5 Å². The molecular formula is C78H152O17P2. The lowest BCUT2D eigenvalue weighted by Gasteiger charge is -2.21. The van der Waals surface area contributed by atoms with Gasteiger partial charge in [0.05, 0.1) is 26.4 Å². The van der Waals surface area contributed by atoms with Crippen molar-refractivity contribution in [3.05, 3.63) is 0 Å². The van der Waals surface area contributed by atoms with Gasteiger partial charge < -0.3 is 33.8 Å². The molecule has 19 heteroatoms. The van der Waals surface area contributed by atoms with Crippen LogP contribution in [0.4, 0.5) is 0 Å². The summed E-state index contributed by atoms with van der Waals surface area (Å²) in [6.45, 7) is 9.60. The first kappa shape index (κ1) is 95.1. The number of unbranched alkanes of at least 4 members (excludes halogenated alkanes) is 47. The maximum atomic E-state index is 13.1. The highest BCUT2D eigenvalue weighted by molar-refractivity contribution is 7.47. The Morgan fingerprint density at radius 1 is 0.278 bits per heavy atom. The first-order valence-corrected chi connectivity index (χ1v) is 43.5. The number of hydrogen-bond donors (Lipinski definition) is 3. The van der Waals surface area contributed by atoms with Crippen molar-refractivity contribution in [1.82, 2.24) is 0 Å². The molecule has 97 heavy (non-hydrogen) atoms. The number of ether oxygens (including phenoxy) is 4. The van der Waals surface area contributed by atoms with Gasteiger partial charge in [0, 0.05) is 25.7 Å². The van der Waals surface area contributed by atoms with Crippen LogP contribution in [0, 0.1) is 11.8 Å². The third kappa shape index (κ3) is 72.2. The minimum Gasteiger partial charge on any atom is -0.462 e. The van der Waals surface area contributed by atoms with Gasteiger partial charge in [0.25, 0.3) is 0 Å². The average Bonchev–Trinajstić information content (AvgIpc) is 0.998. The van der Waals surface area contributed by atoms with Crippen LogP contribution in [0.1, 0.15) is 408 Å². The van der Waals surface area contributed by atoms with Crippen molar-refractivity contribution in [3.8, 4) is 0 Å². The number of phosphoric acid groups is 2. The number of aliphatic hydroxyl groups excluding tert-OH is 1. The van der Waals surface area contributed by atoms with E-state index >= 15 is 0 Å². The maximum absolute atomic E-state index is 13.1. The molecule has 0 radical (unpaired) electrons. The van der Waals surface area contributed by atoms with E-state index in [0.717, 1.165) is 102 Å². The van der Waals surface area contributed by atoms with Gasteiger partial charge in [-0.1, -0.05) is 356 Å². The van der Waals surface area contributed by atoms with Gasteiger partial charge in [0.15, 0.2) is 12.2 Å². The van der Waals surface area contributed by atoms with Crippen molar-refractivity contribution in [2.45, 2.75) is 426 Å². The molecule has 0 spiro atoms. The van der Waals surface area contributed by atoms with Crippen molar-refractivity contribution >= 4 is 39.5 Å². The highest BCUT2D eigenvalue weighted by Crippen LogP contribution is 2.45. The van der Waals surface area contributed by atoms with Gasteiger partial charge in [-0.3, -0.25) is 37.3 Å². The summed E-state index contributed by atoms with van der Waals surface area (Å²) in [6, 6.07) is 0. The summed E-state index contributed by atoms with van der Waals surface area (Å²) in [4.78, 5) is 72.9. The molecular weight excluding hydrogens is 1270 g/mol. The van der Waals surface area contributed by atoms with Crippen molar-refractivity contribution in [1.29, 1.82) is 0 Å². The van der Waals surface area contributed by atoms with Crippen LogP contribution in [0.25, 0.3) is 0 Å². The molecule has 0 bridgehead atoms. The fraction of sp³-hybridized carbons (Fsp3) is 0.949. The van der Waals surface area contributed by atoms with Crippen LogP contribution in [0.5, 0.6) is 0 Å². The van der Waals surface area contributed by atoms with E-state index in [1.807, 2.05) is 0 Å². The van der Waals surface area contributed by atoms with Crippen LogP contribution >= 0.6 is 15.6 Å². The molecule has 0 fully saturated rings. The summed E-state index contributed by atoms with van der Waals surface area (Å²) in [7, 11) is -9.91. The smallest absolute Gasteiger partial charge is 0.462 e. The fourth-order valence-corrected chi connectivity index (χ4v) is 13.6. The Balaban J connectivity index is 5.24. The molecule has 0 aliphatic heterocycles. The van der Waals surface area contributed by atoms with Crippen LogP contribution in [0.3, 0.4) is 0 Å². The molecule has 17 nitrogen and oxygen atoms in total. The number of esters is 4. The zero-order chi connectivity index (χ0) is 71.4. The second kappa shape index (κ2) is 69.8. The highest BCUT2D eigenvalue weighted by atomic mass is 31.2. The number of aliphatic hydroxyl groups is 1. The molecule has 0 aromatic rings. The molecule has 3 N–H and O–H groups in total. The number of phosphoric ester groups is 2. The van der Waals surface area contributed by atoms with Gasteiger partial charge in [-0.25, -0.2) is 9.13 Å². The first-order valence-electron chi connectivity index (χ1n) is 40.5. The summed E-state index contributed by atoms with van der Waals surface area (Å²) in [5.74, 6) is -0.601. The van der Waals surface area contributed by atoms with Gasteiger partial charge in [-0.2, -0.15) is 0 Å². The molecule has 0 aromatic heterocycles. The Hall–Kier alpha value is -1.94. The average molecular weight is 1420 g/mol. The minimum atomic E-state index is -4.96. The lowest BCUT2D eigenvalue weighted by atomic mass is 10.0. The van der Waals surface area contributed by atoms with E-state index in [4.69, 9.17) is 37.0 Å². The third-order valence-corrected chi connectivity index (χ3v) is 20.1. The van der Waals surface area contributed by atoms with E-state index in [9.17, 15) is 43.2 Å². The normalized spacial score (nSPS) is 14.0. The van der Waals surface area contributed by atoms with Gasteiger partial charge in [0.1, 0.15) is 19.3 Å². The summed E-state index contributed by atoms with van der Waals surface area (Å²) in [6.07, 6.45) is 58.2. The van der Waals surface area contributed by atoms with Crippen molar-refractivity contribution in [2.75, 3.05) is 39.6 Å². The first-order chi connectivity index (χ1) is 46.9. The van der Waals surface area contributed by atoms with E-state index in [1.165, 1.54) is 225 Å². The molecule has 0 saturated heterocycles. The minimum absolute atomic E-state index is 0.106. The Bertz CT molecular complexity index is 1870. The van der Waals surface area contributed by atoms with Crippen LogP contribution in [0.2, 0.25) is 0 Å². The largest absolute Gasteiger partial charge is 0.472 e. The zero-order valence-electron chi connectivity index (χ0n) is 63.4. The Morgan fingerprint density at radius 2 is 0.474 bits per heavy atom. The Labute approximate surface area is 594 Å². The predicted molar refractivity (Wildman–Crippen MR) is 395 cm³/mol. The quantitative estimate of drug-likeness (QED) is 0.0222. The second-order valence-corrected chi connectivity index (χ2v) is 32.0. The lowest BCUT2D eigenvalue weighted by Crippen LogP contribution is -2.30. The van der Waals surface area contributed by atoms with Crippen LogP contribution in [0.15, 0.2) is 0 Å². The molecule has 0 heterocycles. The van der Waals surface area contributed by atoms with Crippen molar-refractivity contribution in [3.63, 3.8) is 0 Å². The number of carbonyl (C=O) groups is 4. The fourth-order valence-electron chi connectivity index (χ4n) is 12.0. The molecule has 0 amide bonds. The van der Waals surface area contributed by atoms with Crippen LogP contribution in [-0.4, -0.2) is 96.7 Å². The van der Waals surface area contributed by atoms with Gasteiger partial charge in [-0.05, 0) is 37.5 Å². The molecule has 2 unspecified atom stereocenters. The third-order valence-electron chi connectivity index (χ3n) is 18.2. The standard InChI is InChI=1S/C78H152O17P2/c1-7-9-11-13-15-17-19-21-22-23-24-25-26-27-29-38-44-50-56-62-77(82)94-73(67-89-76(81)61-55-49-43-37-32-30-34-40-46-52-58-70(3)4)68-92-96(84,85)90-64-72(79)65-91-97(86,87)93-69-74(66-88-75(80)60-54-48-42-36-28-20-18-16-14-12-10-8-2)95-78(83)63-57-51-45-39-33-31-35-41-47-53-59-71(5)6/h70-74,79H,7-69H2,1-6H3,(H,84,85)(H,86,87)/t72-,73-,74-/m1/s1. The van der Waals surface area contributed by atoms with E-state index in [0.29, 0.717) is 25.7 Å². The van der Waals surface area contributed by atoms with Crippen molar-refractivity contribution < 1.29 is 80.2 Å². The van der Waals surface area contributed by atoms with Gasteiger partial charge >= 0.3 is 39.5 Å². The molecule has 576 valence electrons. The molecule has 0 aliphatic carbocycles. The lowest BCUT2D eigenvalue weighted by molar-refractivity contribution is -0.161. The zero-order valence-corrected chi connectivity index (χ0v) is 65.2. The number of hydrogen-bond acceptors (Lipinski definition) is 15. The maximum Gasteiger partial charge on any atom is 0.472 e.